The molecule has 0 bridgehead atoms. The van der Waals surface area contributed by atoms with Crippen LogP contribution in [0.2, 0.25) is 0 Å². The number of para-hydroxylation sites is 3. The van der Waals surface area contributed by atoms with E-state index in [9.17, 15) is 5.26 Å². The molecule has 0 unspecified atom stereocenters. The van der Waals surface area contributed by atoms with Crippen molar-refractivity contribution in [1.29, 1.82) is 5.26 Å². The van der Waals surface area contributed by atoms with Crippen molar-refractivity contribution < 1.29 is 4.42 Å². The number of nitriles is 1. The van der Waals surface area contributed by atoms with Crippen molar-refractivity contribution in [2.45, 2.75) is 0 Å². The lowest BCUT2D eigenvalue weighted by Gasteiger charge is -2.10. The molecule has 6 aromatic carbocycles. The van der Waals surface area contributed by atoms with E-state index in [-0.39, 0.29) is 0 Å². The van der Waals surface area contributed by atoms with Crippen molar-refractivity contribution in [1.82, 2.24) is 14.5 Å². The highest BCUT2D eigenvalue weighted by Crippen LogP contribution is 2.40. The van der Waals surface area contributed by atoms with Crippen LogP contribution in [0.15, 0.2) is 150 Å². The van der Waals surface area contributed by atoms with Gasteiger partial charge in [-0.15, -0.1) is 0 Å². The third-order valence-corrected chi connectivity index (χ3v) is 8.65. The topological polar surface area (TPSA) is 67.6 Å². The molecule has 9 aromatic rings. The Morgan fingerprint density at radius 1 is 0.543 bits per heavy atom. The van der Waals surface area contributed by atoms with E-state index >= 15 is 0 Å². The first-order chi connectivity index (χ1) is 22.8. The minimum atomic E-state index is 0.590. The third kappa shape index (κ3) is 4.02. The number of nitrogens with zero attached hydrogens (tertiary/aromatic N) is 4. The number of hydrogen-bond acceptors (Lipinski definition) is 4. The fourth-order valence-corrected chi connectivity index (χ4v) is 6.52. The second kappa shape index (κ2) is 10.3. The molecule has 0 atom stereocenters. The van der Waals surface area contributed by atoms with Crippen LogP contribution in [0.3, 0.4) is 0 Å². The molecule has 46 heavy (non-hydrogen) atoms. The van der Waals surface area contributed by atoms with Gasteiger partial charge in [-0.3, -0.25) is 0 Å². The molecular weight excluding hydrogens is 564 g/mol. The molecule has 0 saturated heterocycles. The molecular formula is C41H24N4O. The van der Waals surface area contributed by atoms with Crippen LogP contribution in [0.5, 0.6) is 0 Å². The van der Waals surface area contributed by atoms with Gasteiger partial charge in [-0.2, -0.15) is 5.26 Å². The summed E-state index contributed by atoms with van der Waals surface area (Å²) in [5, 5.41) is 12.8. The van der Waals surface area contributed by atoms with Gasteiger partial charge in [-0.1, -0.05) is 103 Å². The van der Waals surface area contributed by atoms with Crippen LogP contribution < -0.4 is 0 Å². The van der Waals surface area contributed by atoms with Crippen molar-refractivity contribution in [2.24, 2.45) is 0 Å². The number of furan rings is 1. The van der Waals surface area contributed by atoms with E-state index in [1.54, 1.807) is 12.1 Å². The molecule has 0 aliphatic carbocycles. The Labute approximate surface area is 264 Å². The van der Waals surface area contributed by atoms with Gasteiger partial charge in [0.15, 0.2) is 11.4 Å². The van der Waals surface area contributed by atoms with Gasteiger partial charge in [-0.25, -0.2) is 9.97 Å². The van der Waals surface area contributed by atoms with Crippen molar-refractivity contribution in [2.75, 3.05) is 0 Å². The molecule has 9 rings (SSSR count). The highest BCUT2D eigenvalue weighted by atomic mass is 16.3. The van der Waals surface area contributed by atoms with Crippen molar-refractivity contribution in [3.63, 3.8) is 0 Å². The lowest BCUT2D eigenvalue weighted by atomic mass is 10.0. The van der Waals surface area contributed by atoms with Gasteiger partial charge in [-0.05, 0) is 48.0 Å². The molecule has 5 nitrogen and oxygen atoms in total. The largest absolute Gasteiger partial charge is 0.451 e. The van der Waals surface area contributed by atoms with Crippen LogP contribution >= 0.6 is 0 Å². The van der Waals surface area contributed by atoms with Gasteiger partial charge in [0.2, 0.25) is 0 Å². The monoisotopic (exact) mass is 588 g/mol. The predicted molar refractivity (Wildman–Crippen MR) is 185 cm³/mol. The minimum absolute atomic E-state index is 0.590. The maximum Gasteiger partial charge on any atom is 0.180 e. The molecule has 0 spiro atoms. The van der Waals surface area contributed by atoms with E-state index < -0.39 is 0 Å². The summed E-state index contributed by atoms with van der Waals surface area (Å²) in [6.45, 7) is 0. The molecule has 0 N–H and O–H groups in total. The molecule has 0 fully saturated rings. The zero-order valence-electron chi connectivity index (χ0n) is 24.6. The molecule has 5 heteroatoms. The van der Waals surface area contributed by atoms with Crippen molar-refractivity contribution >= 4 is 43.9 Å². The fraction of sp³-hybridized carbons (Fsp3) is 0. The quantitative estimate of drug-likeness (QED) is 0.205. The number of aromatic nitrogens is 3. The number of hydrogen-bond donors (Lipinski definition) is 0. The first-order valence-electron chi connectivity index (χ1n) is 15.1. The zero-order chi connectivity index (χ0) is 30.6. The molecule has 0 aliphatic heterocycles. The highest BCUT2D eigenvalue weighted by molar-refractivity contribution is 6.12. The smallest absolute Gasteiger partial charge is 0.180 e. The van der Waals surface area contributed by atoms with E-state index in [1.165, 1.54) is 21.8 Å². The third-order valence-electron chi connectivity index (χ3n) is 8.65. The van der Waals surface area contributed by atoms with Gasteiger partial charge in [0, 0.05) is 38.5 Å². The Morgan fingerprint density at radius 2 is 1.20 bits per heavy atom. The summed E-state index contributed by atoms with van der Waals surface area (Å²) in [5.74, 6) is 0.619. The molecule has 0 amide bonds. The van der Waals surface area contributed by atoms with E-state index in [0.29, 0.717) is 22.7 Å². The van der Waals surface area contributed by atoms with Gasteiger partial charge in [0.25, 0.3) is 0 Å². The minimum Gasteiger partial charge on any atom is -0.451 e. The molecule has 214 valence electrons. The summed E-state index contributed by atoms with van der Waals surface area (Å²) in [5.41, 5.74) is 10.6. The molecule has 3 heterocycles. The molecule has 3 aromatic heterocycles. The number of rotatable bonds is 4. The average Bonchev–Trinajstić information content (AvgIpc) is 3.68. The summed E-state index contributed by atoms with van der Waals surface area (Å²) in [6.07, 6.45) is 0. The van der Waals surface area contributed by atoms with Crippen LogP contribution in [0, 0.1) is 11.3 Å². The van der Waals surface area contributed by atoms with Crippen LogP contribution in [0.4, 0.5) is 0 Å². The highest BCUT2D eigenvalue weighted by Gasteiger charge is 2.21. The van der Waals surface area contributed by atoms with Crippen molar-refractivity contribution in [3.8, 4) is 45.5 Å². The lowest BCUT2D eigenvalue weighted by Crippen LogP contribution is -1.94. The van der Waals surface area contributed by atoms with E-state index in [1.807, 2.05) is 42.5 Å². The molecule has 0 radical (unpaired) electrons. The van der Waals surface area contributed by atoms with Gasteiger partial charge in [0.1, 0.15) is 16.8 Å². The fourth-order valence-electron chi connectivity index (χ4n) is 6.52. The van der Waals surface area contributed by atoms with E-state index in [0.717, 1.165) is 44.4 Å². The maximum absolute atomic E-state index is 9.39. The average molecular weight is 589 g/mol. The van der Waals surface area contributed by atoms with Crippen LogP contribution in [0.25, 0.3) is 83.3 Å². The van der Waals surface area contributed by atoms with Crippen LogP contribution in [0.1, 0.15) is 5.56 Å². The summed E-state index contributed by atoms with van der Waals surface area (Å²) in [4.78, 5) is 10.1. The Balaban J connectivity index is 1.28. The van der Waals surface area contributed by atoms with Crippen LogP contribution in [-0.2, 0) is 0 Å². The molecule has 0 saturated carbocycles. The Bertz CT molecular complexity index is 2590. The first-order valence-corrected chi connectivity index (χ1v) is 15.1. The zero-order valence-corrected chi connectivity index (χ0v) is 24.6. The van der Waals surface area contributed by atoms with E-state index in [2.05, 4.69) is 102 Å². The van der Waals surface area contributed by atoms with Gasteiger partial charge >= 0.3 is 0 Å². The summed E-state index contributed by atoms with van der Waals surface area (Å²) >= 11 is 0. The predicted octanol–water partition coefficient (Wildman–Crippen LogP) is 10.3. The number of benzene rings is 6. The Kier molecular flexibility index (Phi) is 5.81. The maximum atomic E-state index is 9.39. The van der Waals surface area contributed by atoms with E-state index in [4.69, 9.17) is 14.4 Å². The summed E-state index contributed by atoms with van der Waals surface area (Å²) in [7, 11) is 0. The molecule has 0 aliphatic rings. The Morgan fingerprint density at radius 3 is 1.93 bits per heavy atom. The first kappa shape index (κ1) is 25.9. The second-order valence-corrected chi connectivity index (χ2v) is 11.3. The van der Waals surface area contributed by atoms with Gasteiger partial charge in [0.05, 0.1) is 22.7 Å². The Hall–Kier alpha value is -6.51. The summed E-state index contributed by atoms with van der Waals surface area (Å²) < 4.78 is 9.07. The number of fused-ring (bicyclic) bond motifs is 6. The van der Waals surface area contributed by atoms with Crippen molar-refractivity contribution in [3.05, 3.63) is 151 Å². The lowest BCUT2D eigenvalue weighted by molar-refractivity contribution is 0.668. The standard InChI is InChI=1S/C41H24N4O/c42-25-26-20-22-27(23-21-26)37-40-38(44-41(43-37)28-10-2-1-3-11-28)34-17-9-16-31(39(34)46-40)29-12-8-13-30(24-29)45-35-18-6-4-14-32(35)33-15-5-7-19-36(33)45/h1-24H. The normalized spacial score (nSPS) is 11.5. The van der Waals surface area contributed by atoms with Crippen LogP contribution in [-0.4, -0.2) is 14.5 Å². The SMILES string of the molecule is N#Cc1ccc(-c2nc(-c3ccccc3)nc3c2oc2c(-c4cccc(-n5c6ccccc6c6ccccc65)c4)cccc23)cc1. The summed E-state index contributed by atoms with van der Waals surface area (Å²) in [6, 6.07) is 51.5. The second-order valence-electron chi connectivity index (χ2n) is 11.3. The van der Waals surface area contributed by atoms with Gasteiger partial charge < -0.3 is 8.98 Å².